The van der Waals surface area contributed by atoms with E-state index in [4.69, 9.17) is 9.47 Å². The van der Waals surface area contributed by atoms with E-state index in [0.29, 0.717) is 29.3 Å². The lowest BCUT2D eigenvalue weighted by molar-refractivity contribution is 0.00332. The molecule has 0 spiro atoms. The van der Waals surface area contributed by atoms with Crippen molar-refractivity contribution < 1.29 is 19.1 Å². The molecule has 0 aliphatic heterocycles. The molecule has 23 heavy (non-hydrogen) atoms. The van der Waals surface area contributed by atoms with E-state index in [9.17, 15) is 9.59 Å². The van der Waals surface area contributed by atoms with Gasteiger partial charge in [-0.2, -0.15) is 9.98 Å². The normalized spacial score (nSPS) is 10.8. The second-order valence-electron chi connectivity index (χ2n) is 4.47. The van der Waals surface area contributed by atoms with Crippen LogP contribution in [0, 0.1) is 0 Å². The first-order valence-corrected chi connectivity index (χ1v) is 6.94. The molecule has 0 radical (unpaired) electrons. The van der Waals surface area contributed by atoms with Gasteiger partial charge in [-0.15, -0.1) is 0 Å². The summed E-state index contributed by atoms with van der Waals surface area (Å²) in [5.74, 6) is 1.20. The number of hydrogen-bond acceptors (Lipinski definition) is 6. The van der Waals surface area contributed by atoms with Crippen LogP contribution in [0.25, 0.3) is 0 Å². The van der Waals surface area contributed by atoms with Gasteiger partial charge in [0.2, 0.25) is 18.4 Å². The minimum Gasteiger partial charge on any atom is -0.455 e. The molecule has 0 aliphatic carbocycles. The zero-order valence-electron chi connectivity index (χ0n) is 12.4. The summed E-state index contributed by atoms with van der Waals surface area (Å²) in [6.45, 7) is 1.93. The number of rotatable bonds is 7. The Bertz CT molecular complexity index is 665. The number of hydrogen-bond donors (Lipinski definition) is 0. The van der Waals surface area contributed by atoms with Crippen LogP contribution in [0.5, 0.6) is 11.5 Å². The van der Waals surface area contributed by atoms with Crippen molar-refractivity contribution in [3.8, 4) is 11.5 Å². The highest BCUT2D eigenvalue weighted by Gasteiger charge is 2.10. The Balaban J connectivity index is 2.01. The molecule has 0 bridgehead atoms. The van der Waals surface area contributed by atoms with E-state index in [1.165, 1.54) is 12.2 Å². The van der Waals surface area contributed by atoms with Crippen molar-refractivity contribution >= 4 is 23.5 Å². The lowest BCUT2D eigenvalue weighted by atomic mass is 10.3. The highest BCUT2D eigenvalue weighted by molar-refractivity contribution is 5.50. The smallest absolute Gasteiger partial charge is 0.240 e. The monoisotopic (exact) mass is 310 g/mol. The average Bonchev–Trinajstić information content (AvgIpc) is 2.58. The molecule has 0 heterocycles. The van der Waals surface area contributed by atoms with E-state index < -0.39 is 6.29 Å². The number of aliphatic imine (C=N–C) groups is 2. The molecule has 0 amide bonds. The Morgan fingerprint density at radius 1 is 0.826 bits per heavy atom. The fourth-order valence-corrected chi connectivity index (χ4v) is 1.80. The van der Waals surface area contributed by atoms with Crippen molar-refractivity contribution in [1.29, 1.82) is 0 Å². The summed E-state index contributed by atoms with van der Waals surface area (Å²) in [6.07, 6.45) is 3.11. The molecule has 0 aromatic heterocycles. The van der Waals surface area contributed by atoms with E-state index in [2.05, 4.69) is 9.98 Å². The molecule has 0 atom stereocenters. The van der Waals surface area contributed by atoms with Crippen molar-refractivity contribution in [3.63, 3.8) is 0 Å². The van der Waals surface area contributed by atoms with E-state index in [-0.39, 0.29) is 0 Å². The Kier molecular flexibility index (Phi) is 5.83. The number of nitrogens with zero attached hydrogens (tertiary/aromatic N) is 2. The average molecular weight is 310 g/mol. The molecule has 2 aromatic carbocycles. The van der Waals surface area contributed by atoms with Gasteiger partial charge in [0.25, 0.3) is 0 Å². The predicted octanol–water partition coefficient (Wildman–Crippen LogP) is 3.82. The number of carbonyl (C=O) groups excluding carboxylic acids is 2. The maximum absolute atomic E-state index is 10.2. The molecular formula is C17H14N2O4. The van der Waals surface area contributed by atoms with Gasteiger partial charge in [0.15, 0.2) is 0 Å². The van der Waals surface area contributed by atoms with Crippen molar-refractivity contribution in [3.05, 3.63) is 48.5 Å². The van der Waals surface area contributed by atoms with E-state index in [1.54, 1.807) is 48.5 Å². The molecular weight excluding hydrogens is 296 g/mol. The lowest BCUT2D eigenvalue weighted by Crippen LogP contribution is -2.22. The molecule has 116 valence electrons. The highest BCUT2D eigenvalue weighted by atomic mass is 16.7. The highest BCUT2D eigenvalue weighted by Crippen LogP contribution is 2.22. The lowest BCUT2D eigenvalue weighted by Gasteiger charge is -2.19. The summed E-state index contributed by atoms with van der Waals surface area (Å²) < 4.78 is 11.5. The summed E-state index contributed by atoms with van der Waals surface area (Å²) in [4.78, 5) is 27.4. The predicted molar refractivity (Wildman–Crippen MR) is 83.8 cm³/mol. The molecule has 2 aromatic rings. The Morgan fingerprint density at radius 3 is 1.52 bits per heavy atom. The van der Waals surface area contributed by atoms with Gasteiger partial charge in [0.1, 0.15) is 11.5 Å². The first-order chi connectivity index (χ1) is 11.2. The van der Waals surface area contributed by atoms with Crippen molar-refractivity contribution in [2.45, 2.75) is 19.6 Å². The summed E-state index contributed by atoms with van der Waals surface area (Å²) in [6, 6.07) is 13.4. The third kappa shape index (κ3) is 4.93. The molecule has 0 N–H and O–H groups in total. The molecule has 0 aliphatic rings. The Hall–Kier alpha value is -3.20. The van der Waals surface area contributed by atoms with Gasteiger partial charge in [-0.1, -0.05) is 6.92 Å². The fourth-order valence-electron chi connectivity index (χ4n) is 1.80. The van der Waals surface area contributed by atoms with Crippen LogP contribution in [0.2, 0.25) is 0 Å². The van der Waals surface area contributed by atoms with Gasteiger partial charge in [0.05, 0.1) is 11.4 Å². The van der Waals surface area contributed by atoms with Crippen LogP contribution in [0.4, 0.5) is 11.4 Å². The van der Waals surface area contributed by atoms with Gasteiger partial charge >= 0.3 is 0 Å². The topological polar surface area (TPSA) is 77.3 Å². The quantitative estimate of drug-likeness (QED) is 0.442. The van der Waals surface area contributed by atoms with Crippen LogP contribution in [-0.4, -0.2) is 18.4 Å². The molecule has 6 heteroatoms. The summed E-state index contributed by atoms with van der Waals surface area (Å²) in [5.41, 5.74) is 1.01. The SMILES string of the molecule is CCC(Oc1ccc(N=C=O)cc1)Oc1ccc(N=C=O)cc1. The van der Waals surface area contributed by atoms with Gasteiger partial charge < -0.3 is 9.47 Å². The maximum Gasteiger partial charge on any atom is 0.240 e. The zero-order chi connectivity index (χ0) is 16.5. The van der Waals surface area contributed by atoms with E-state index in [0.717, 1.165) is 0 Å². The third-order valence-corrected chi connectivity index (χ3v) is 2.89. The molecule has 2 rings (SSSR count). The van der Waals surface area contributed by atoms with E-state index >= 15 is 0 Å². The van der Waals surface area contributed by atoms with Crippen LogP contribution in [0.15, 0.2) is 58.5 Å². The molecule has 0 unspecified atom stereocenters. The fraction of sp³-hybridized carbons (Fsp3) is 0.176. The largest absolute Gasteiger partial charge is 0.455 e. The van der Waals surface area contributed by atoms with Gasteiger partial charge in [-0.3, -0.25) is 0 Å². The van der Waals surface area contributed by atoms with Crippen LogP contribution in [0.1, 0.15) is 13.3 Å². The van der Waals surface area contributed by atoms with Crippen LogP contribution >= 0.6 is 0 Å². The van der Waals surface area contributed by atoms with Crippen molar-refractivity contribution in [2.24, 2.45) is 9.98 Å². The van der Waals surface area contributed by atoms with Crippen molar-refractivity contribution in [2.75, 3.05) is 0 Å². The van der Waals surface area contributed by atoms with Crippen LogP contribution < -0.4 is 9.47 Å². The number of benzene rings is 2. The molecule has 0 fully saturated rings. The number of ether oxygens (including phenoxy) is 2. The second kappa shape index (κ2) is 8.29. The van der Waals surface area contributed by atoms with Crippen LogP contribution in [-0.2, 0) is 9.59 Å². The first kappa shape index (κ1) is 16.2. The summed E-state index contributed by atoms with van der Waals surface area (Å²) in [5, 5.41) is 0. The maximum atomic E-state index is 10.2. The minimum atomic E-state index is -0.476. The van der Waals surface area contributed by atoms with E-state index in [1.807, 2.05) is 6.92 Å². The third-order valence-electron chi connectivity index (χ3n) is 2.89. The standard InChI is InChI=1S/C17H14N2O4/c1-2-17(22-15-7-3-13(4-8-15)18-11-20)23-16-9-5-14(6-10-16)19-12-21/h3-10,17H,2H2,1H3. The Morgan fingerprint density at radius 2 is 1.22 bits per heavy atom. The Labute approximate surface area is 133 Å². The van der Waals surface area contributed by atoms with Gasteiger partial charge in [0, 0.05) is 6.42 Å². The van der Waals surface area contributed by atoms with Crippen LogP contribution in [0.3, 0.4) is 0 Å². The second-order valence-corrected chi connectivity index (χ2v) is 4.47. The van der Waals surface area contributed by atoms with Gasteiger partial charge in [-0.25, -0.2) is 9.59 Å². The minimum absolute atomic E-state index is 0.476. The van der Waals surface area contributed by atoms with Gasteiger partial charge in [-0.05, 0) is 48.5 Å². The summed E-state index contributed by atoms with van der Waals surface area (Å²) in [7, 11) is 0. The first-order valence-electron chi connectivity index (χ1n) is 6.94. The van der Waals surface area contributed by atoms with Crippen molar-refractivity contribution in [1.82, 2.24) is 0 Å². The molecule has 0 saturated carbocycles. The molecule has 6 nitrogen and oxygen atoms in total. The molecule has 0 saturated heterocycles. The number of isocyanates is 2. The summed E-state index contributed by atoms with van der Waals surface area (Å²) >= 11 is 0. The zero-order valence-corrected chi connectivity index (χ0v) is 12.4.